The molecule has 2 aromatic carbocycles. The average Bonchev–Trinajstić information content (AvgIpc) is 2.71. The molecule has 0 radical (unpaired) electrons. The molecular formula is C23H29BrN4O2. The van der Waals surface area contributed by atoms with Crippen molar-refractivity contribution in [3.63, 3.8) is 0 Å². The number of amides is 2. The zero-order valence-electron chi connectivity index (χ0n) is 17.6. The number of piperidine rings is 1. The number of rotatable bonds is 7. The van der Waals surface area contributed by atoms with Crippen LogP contribution in [0.4, 0.5) is 17.1 Å². The number of carbonyl (C=O) groups is 2. The first-order valence-electron chi connectivity index (χ1n) is 10.3. The van der Waals surface area contributed by atoms with E-state index in [4.69, 9.17) is 0 Å². The van der Waals surface area contributed by atoms with Gasteiger partial charge in [0.15, 0.2) is 0 Å². The van der Waals surface area contributed by atoms with Gasteiger partial charge in [-0.3, -0.25) is 14.5 Å². The van der Waals surface area contributed by atoms with Gasteiger partial charge >= 0.3 is 0 Å². The maximum atomic E-state index is 12.3. The van der Waals surface area contributed by atoms with E-state index in [0.29, 0.717) is 0 Å². The third-order valence-electron chi connectivity index (χ3n) is 5.16. The lowest BCUT2D eigenvalue weighted by molar-refractivity contribution is -0.119. The van der Waals surface area contributed by atoms with E-state index < -0.39 is 0 Å². The van der Waals surface area contributed by atoms with Gasteiger partial charge in [-0.1, -0.05) is 15.9 Å². The van der Waals surface area contributed by atoms with Gasteiger partial charge in [0.2, 0.25) is 11.8 Å². The van der Waals surface area contributed by atoms with Crippen LogP contribution >= 0.6 is 15.9 Å². The van der Waals surface area contributed by atoms with Crippen LogP contribution in [0.5, 0.6) is 0 Å². The van der Waals surface area contributed by atoms with Gasteiger partial charge in [0, 0.05) is 34.6 Å². The average molecular weight is 473 g/mol. The number of anilines is 3. The highest BCUT2D eigenvalue weighted by Gasteiger charge is 2.13. The van der Waals surface area contributed by atoms with Crippen molar-refractivity contribution in [1.29, 1.82) is 0 Å². The molecule has 0 atom stereocenters. The maximum Gasteiger partial charge on any atom is 0.238 e. The molecule has 0 spiro atoms. The van der Waals surface area contributed by atoms with E-state index in [1.54, 1.807) is 11.9 Å². The number of hydrogen-bond acceptors (Lipinski definition) is 4. The molecule has 1 fully saturated rings. The van der Waals surface area contributed by atoms with E-state index in [1.807, 2.05) is 37.3 Å². The Morgan fingerprint density at radius 3 is 2.23 bits per heavy atom. The summed E-state index contributed by atoms with van der Waals surface area (Å²) >= 11 is 3.41. The fourth-order valence-electron chi connectivity index (χ4n) is 3.61. The van der Waals surface area contributed by atoms with E-state index >= 15 is 0 Å². The quantitative estimate of drug-likeness (QED) is 0.631. The Morgan fingerprint density at radius 2 is 1.60 bits per heavy atom. The molecular weight excluding hydrogens is 444 g/mol. The van der Waals surface area contributed by atoms with Gasteiger partial charge in [-0.2, -0.15) is 0 Å². The van der Waals surface area contributed by atoms with Crippen molar-refractivity contribution in [3.05, 3.63) is 52.5 Å². The molecule has 1 heterocycles. The van der Waals surface area contributed by atoms with Crippen LogP contribution in [0, 0.1) is 6.92 Å². The van der Waals surface area contributed by atoms with Crippen molar-refractivity contribution in [2.45, 2.75) is 26.2 Å². The third-order valence-corrected chi connectivity index (χ3v) is 5.66. The molecule has 30 heavy (non-hydrogen) atoms. The van der Waals surface area contributed by atoms with Gasteiger partial charge in [0.1, 0.15) is 0 Å². The summed E-state index contributed by atoms with van der Waals surface area (Å²) < 4.78 is 0.968. The van der Waals surface area contributed by atoms with E-state index in [2.05, 4.69) is 43.6 Å². The fourth-order valence-corrected chi connectivity index (χ4v) is 4.09. The number of likely N-dealkylation sites (N-methyl/N-ethyl adjacent to an activating group) is 1. The number of carbonyl (C=O) groups excluding carboxylic acids is 2. The number of nitrogens with zero attached hydrogens (tertiary/aromatic N) is 2. The smallest absolute Gasteiger partial charge is 0.238 e. The second kappa shape index (κ2) is 10.6. The molecule has 1 aliphatic rings. The first kappa shape index (κ1) is 22.3. The van der Waals surface area contributed by atoms with Gasteiger partial charge in [0.25, 0.3) is 0 Å². The first-order chi connectivity index (χ1) is 14.4. The molecule has 2 aromatic rings. The lowest BCUT2D eigenvalue weighted by atomic mass is 10.1. The minimum atomic E-state index is -0.151. The summed E-state index contributed by atoms with van der Waals surface area (Å²) in [4.78, 5) is 28.7. The number of hydrogen-bond donors (Lipinski definition) is 2. The molecule has 2 N–H and O–H groups in total. The normalized spacial score (nSPS) is 13.9. The van der Waals surface area contributed by atoms with E-state index in [9.17, 15) is 9.59 Å². The predicted molar refractivity (Wildman–Crippen MR) is 126 cm³/mol. The molecule has 6 nitrogen and oxygen atoms in total. The summed E-state index contributed by atoms with van der Waals surface area (Å²) in [6.07, 6.45) is 3.78. The fraction of sp³-hybridized carbons (Fsp3) is 0.391. The Bertz CT molecular complexity index is 879. The number of halogens is 1. The maximum absolute atomic E-state index is 12.3. The zero-order valence-corrected chi connectivity index (χ0v) is 19.2. The van der Waals surface area contributed by atoms with Crippen LogP contribution in [0.15, 0.2) is 46.9 Å². The summed E-state index contributed by atoms with van der Waals surface area (Å²) in [5.41, 5.74) is 3.72. The van der Waals surface area contributed by atoms with Gasteiger partial charge in [-0.25, -0.2) is 0 Å². The van der Waals surface area contributed by atoms with Crippen molar-refractivity contribution in [1.82, 2.24) is 4.90 Å². The van der Waals surface area contributed by atoms with Crippen LogP contribution < -0.4 is 15.5 Å². The van der Waals surface area contributed by atoms with Crippen LogP contribution in [0.1, 0.15) is 24.8 Å². The van der Waals surface area contributed by atoms with Crippen molar-refractivity contribution < 1.29 is 9.59 Å². The van der Waals surface area contributed by atoms with Crippen molar-refractivity contribution in [2.24, 2.45) is 0 Å². The molecule has 160 valence electrons. The lowest BCUT2D eigenvalue weighted by Crippen LogP contribution is -2.36. The Labute approximate surface area is 186 Å². The standard InChI is InChI=1S/C23H29BrN4O2/c1-17-14-18(24)6-11-21(17)26-23(30)16-27(2)15-22(29)25-19-7-9-20(10-8-19)28-12-4-3-5-13-28/h6-11,14H,3-5,12-13,15-16H2,1-2H3,(H,25,29)(H,26,30). The Hall–Kier alpha value is -2.38. The molecule has 0 unspecified atom stereocenters. The summed E-state index contributed by atoms with van der Waals surface area (Å²) in [6, 6.07) is 13.7. The third kappa shape index (κ3) is 6.57. The van der Waals surface area contributed by atoms with Crippen LogP contribution in [0.25, 0.3) is 0 Å². The molecule has 3 rings (SSSR count). The van der Waals surface area contributed by atoms with E-state index in [1.165, 1.54) is 24.9 Å². The highest BCUT2D eigenvalue weighted by Crippen LogP contribution is 2.22. The van der Waals surface area contributed by atoms with Crippen LogP contribution in [-0.2, 0) is 9.59 Å². The Kier molecular flexibility index (Phi) is 7.87. The molecule has 1 saturated heterocycles. The minimum Gasteiger partial charge on any atom is -0.372 e. The second-order valence-electron chi connectivity index (χ2n) is 7.82. The molecule has 0 saturated carbocycles. The van der Waals surface area contributed by atoms with Crippen LogP contribution in [0.2, 0.25) is 0 Å². The number of benzene rings is 2. The lowest BCUT2D eigenvalue weighted by Gasteiger charge is -2.28. The number of nitrogens with one attached hydrogen (secondary N) is 2. The topological polar surface area (TPSA) is 64.7 Å². The largest absolute Gasteiger partial charge is 0.372 e. The number of aryl methyl sites for hydroxylation is 1. The zero-order chi connectivity index (χ0) is 21.5. The molecule has 0 bridgehead atoms. The summed E-state index contributed by atoms with van der Waals surface area (Å²) in [7, 11) is 1.76. The van der Waals surface area contributed by atoms with Gasteiger partial charge in [0.05, 0.1) is 13.1 Å². The monoisotopic (exact) mass is 472 g/mol. The summed E-state index contributed by atoms with van der Waals surface area (Å²) in [6.45, 7) is 4.40. The van der Waals surface area contributed by atoms with Gasteiger partial charge in [-0.15, -0.1) is 0 Å². The highest BCUT2D eigenvalue weighted by molar-refractivity contribution is 9.10. The molecule has 1 aliphatic heterocycles. The molecule has 7 heteroatoms. The second-order valence-corrected chi connectivity index (χ2v) is 8.74. The molecule has 0 aliphatic carbocycles. The van der Waals surface area contributed by atoms with Crippen molar-refractivity contribution >= 4 is 44.8 Å². The predicted octanol–water partition coefficient (Wildman–Crippen LogP) is 4.26. The minimum absolute atomic E-state index is 0.136. The SMILES string of the molecule is Cc1cc(Br)ccc1NC(=O)CN(C)CC(=O)Nc1ccc(N2CCCCC2)cc1. The van der Waals surface area contributed by atoms with Gasteiger partial charge < -0.3 is 15.5 Å². The van der Waals surface area contributed by atoms with E-state index in [-0.39, 0.29) is 24.9 Å². The summed E-state index contributed by atoms with van der Waals surface area (Å²) in [5, 5.41) is 5.80. The van der Waals surface area contributed by atoms with Gasteiger partial charge in [-0.05, 0) is 81.3 Å². The summed E-state index contributed by atoms with van der Waals surface area (Å²) in [5.74, 6) is -0.294. The van der Waals surface area contributed by atoms with E-state index in [0.717, 1.165) is 34.5 Å². The first-order valence-corrected chi connectivity index (χ1v) is 11.1. The highest BCUT2D eigenvalue weighted by atomic mass is 79.9. The molecule has 0 aromatic heterocycles. The Morgan fingerprint density at radius 1 is 0.967 bits per heavy atom. The Balaban J connectivity index is 1.45. The van der Waals surface area contributed by atoms with Crippen LogP contribution in [0.3, 0.4) is 0 Å². The van der Waals surface area contributed by atoms with Crippen molar-refractivity contribution in [3.8, 4) is 0 Å². The van der Waals surface area contributed by atoms with Crippen molar-refractivity contribution in [2.75, 3.05) is 48.8 Å². The molecule has 2 amide bonds. The van der Waals surface area contributed by atoms with Crippen LogP contribution in [-0.4, -0.2) is 49.9 Å².